The SMILES string of the molecule is CC(C)(C)OC(=O)N1CCN(S(=O)(=O)c2cc(C(=O)O)c(Cl)cc2Cl)CC1. The number of aromatic carboxylic acids is 1. The molecule has 1 saturated heterocycles. The van der Waals surface area contributed by atoms with Crippen LogP contribution in [0.2, 0.25) is 10.0 Å². The Morgan fingerprint density at radius 2 is 1.63 bits per heavy atom. The summed E-state index contributed by atoms with van der Waals surface area (Å²) in [5.74, 6) is -1.36. The van der Waals surface area contributed by atoms with Crippen molar-refractivity contribution in [3.63, 3.8) is 0 Å². The van der Waals surface area contributed by atoms with Crippen LogP contribution in [-0.2, 0) is 14.8 Å². The van der Waals surface area contributed by atoms with Gasteiger partial charge in [-0.05, 0) is 32.9 Å². The van der Waals surface area contributed by atoms with Gasteiger partial charge < -0.3 is 14.7 Å². The summed E-state index contributed by atoms with van der Waals surface area (Å²) in [7, 11) is -4.05. The van der Waals surface area contributed by atoms with Crippen molar-refractivity contribution in [3.05, 3.63) is 27.7 Å². The summed E-state index contributed by atoms with van der Waals surface area (Å²) in [5, 5.41) is 8.83. The van der Waals surface area contributed by atoms with E-state index in [0.29, 0.717) is 0 Å². The molecule has 2 rings (SSSR count). The number of piperazine rings is 1. The third-order valence-electron chi connectivity index (χ3n) is 3.76. The van der Waals surface area contributed by atoms with Crippen LogP contribution in [0.25, 0.3) is 0 Å². The second-order valence-electron chi connectivity index (χ2n) is 6.94. The van der Waals surface area contributed by atoms with Crippen molar-refractivity contribution in [3.8, 4) is 0 Å². The smallest absolute Gasteiger partial charge is 0.410 e. The summed E-state index contributed by atoms with van der Waals surface area (Å²) >= 11 is 11.8. The number of rotatable bonds is 3. The third-order valence-corrected chi connectivity index (χ3v) is 6.44. The molecular weight excluding hydrogens is 419 g/mol. The van der Waals surface area contributed by atoms with Crippen molar-refractivity contribution in [1.29, 1.82) is 0 Å². The van der Waals surface area contributed by atoms with Crippen molar-refractivity contribution in [2.75, 3.05) is 26.2 Å². The van der Waals surface area contributed by atoms with Crippen LogP contribution in [-0.4, -0.2) is 66.6 Å². The quantitative estimate of drug-likeness (QED) is 0.777. The number of amides is 1. The van der Waals surface area contributed by atoms with Crippen molar-refractivity contribution in [2.24, 2.45) is 0 Å². The van der Waals surface area contributed by atoms with E-state index in [1.54, 1.807) is 20.8 Å². The molecule has 1 heterocycles. The first-order valence-corrected chi connectivity index (χ1v) is 10.2. The Morgan fingerprint density at radius 3 is 2.11 bits per heavy atom. The fourth-order valence-electron chi connectivity index (χ4n) is 2.47. The number of benzene rings is 1. The Labute approximate surface area is 167 Å². The van der Waals surface area contributed by atoms with Gasteiger partial charge in [-0.3, -0.25) is 0 Å². The maximum Gasteiger partial charge on any atom is 0.410 e. The molecule has 1 aromatic rings. The summed E-state index contributed by atoms with van der Waals surface area (Å²) in [4.78, 5) is 24.4. The van der Waals surface area contributed by atoms with Gasteiger partial charge in [-0.25, -0.2) is 18.0 Å². The molecule has 0 bridgehead atoms. The minimum absolute atomic E-state index is 0.0307. The minimum atomic E-state index is -4.05. The predicted octanol–water partition coefficient (Wildman–Crippen LogP) is 2.93. The number of hydrogen-bond acceptors (Lipinski definition) is 5. The second kappa shape index (κ2) is 7.83. The molecule has 1 amide bonds. The van der Waals surface area contributed by atoms with Crippen molar-refractivity contribution < 1.29 is 27.9 Å². The van der Waals surface area contributed by atoms with Gasteiger partial charge in [0, 0.05) is 26.2 Å². The van der Waals surface area contributed by atoms with E-state index >= 15 is 0 Å². The van der Waals surface area contributed by atoms with Crippen LogP contribution < -0.4 is 0 Å². The normalized spacial score (nSPS) is 16.3. The molecule has 0 unspecified atom stereocenters. The predicted molar refractivity (Wildman–Crippen MR) is 100.0 cm³/mol. The highest BCUT2D eigenvalue weighted by Gasteiger charge is 2.33. The number of ether oxygens (including phenoxy) is 1. The Hall–Kier alpha value is -1.55. The molecule has 0 spiro atoms. The molecule has 1 fully saturated rings. The van der Waals surface area contributed by atoms with E-state index in [0.717, 1.165) is 16.4 Å². The lowest BCUT2D eigenvalue weighted by atomic mass is 10.2. The number of nitrogens with zero attached hydrogens (tertiary/aromatic N) is 2. The standard InChI is InChI=1S/C16H20Cl2N2O6S/c1-16(2,3)26-15(23)19-4-6-20(7-5-19)27(24,25)13-8-10(14(21)22)11(17)9-12(13)18/h8-9H,4-7H2,1-3H3,(H,21,22). The minimum Gasteiger partial charge on any atom is -0.478 e. The lowest BCUT2D eigenvalue weighted by Crippen LogP contribution is -2.51. The van der Waals surface area contributed by atoms with Gasteiger partial charge in [0.15, 0.2) is 0 Å². The molecule has 8 nitrogen and oxygen atoms in total. The zero-order valence-corrected chi connectivity index (χ0v) is 17.4. The Morgan fingerprint density at radius 1 is 1.07 bits per heavy atom. The molecule has 1 aliphatic heterocycles. The van der Waals surface area contributed by atoms with Crippen molar-refractivity contribution in [2.45, 2.75) is 31.3 Å². The van der Waals surface area contributed by atoms with Gasteiger partial charge in [0.05, 0.1) is 15.6 Å². The van der Waals surface area contributed by atoms with Crippen LogP contribution in [0.3, 0.4) is 0 Å². The van der Waals surface area contributed by atoms with Gasteiger partial charge in [-0.15, -0.1) is 0 Å². The number of sulfonamides is 1. The second-order valence-corrected chi connectivity index (χ2v) is 9.66. The highest BCUT2D eigenvalue weighted by molar-refractivity contribution is 7.89. The fourth-order valence-corrected chi connectivity index (χ4v) is 4.72. The van der Waals surface area contributed by atoms with Gasteiger partial charge >= 0.3 is 12.1 Å². The topological polar surface area (TPSA) is 104 Å². The number of carbonyl (C=O) groups is 2. The van der Waals surface area contributed by atoms with E-state index in [9.17, 15) is 18.0 Å². The summed E-state index contributed by atoms with van der Waals surface area (Å²) in [6, 6.07) is 2.04. The highest BCUT2D eigenvalue weighted by atomic mass is 35.5. The summed E-state index contributed by atoms with van der Waals surface area (Å²) in [6.45, 7) is 5.58. The van der Waals surface area contributed by atoms with E-state index in [-0.39, 0.29) is 46.7 Å². The Kier molecular flexibility index (Phi) is 6.30. The van der Waals surface area contributed by atoms with Gasteiger partial charge in [0.25, 0.3) is 0 Å². The molecule has 150 valence electrons. The Balaban J connectivity index is 2.19. The average Bonchev–Trinajstić information content (AvgIpc) is 2.52. The molecule has 1 N–H and O–H groups in total. The van der Waals surface area contributed by atoms with E-state index < -0.39 is 27.7 Å². The molecule has 11 heteroatoms. The maximum absolute atomic E-state index is 12.9. The molecule has 0 radical (unpaired) electrons. The van der Waals surface area contributed by atoms with E-state index in [1.165, 1.54) is 4.90 Å². The number of halogens is 2. The van der Waals surface area contributed by atoms with Gasteiger partial charge in [-0.1, -0.05) is 23.2 Å². The molecule has 27 heavy (non-hydrogen) atoms. The molecule has 1 aromatic carbocycles. The average molecular weight is 439 g/mol. The summed E-state index contributed by atoms with van der Waals surface area (Å²) in [5.41, 5.74) is -1.00. The van der Waals surface area contributed by atoms with Crippen LogP contribution in [0.5, 0.6) is 0 Å². The van der Waals surface area contributed by atoms with Crippen LogP contribution >= 0.6 is 23.2 Å². The van der Waals surface area contributed by atoms with E-state index in [1.807, 2.05) is 0 Å². The van der Waals surface area contributed by atoms with Crippen LogP contribution in [0.4, 0.5) is 4.79 Å². The van der Waals surface area contributed by atoms with E-state index in [4.69, 9.17) is 33.0 Å². The van der Waals surface area contributed by atoms with Gasteiger partial charge in [0.2, 0.25) is 10.0 Å². The lowest BCUT2D eigenvalue weighted by Gasteiger charge is -2.35. The van der Waals surface area contributed by atoms with Crippen molar-refractivity contribution in [1.82, 2.24) is 9.21 Å². The zero-order chi connectivity index (χ0) is 20.6. The molecule has 0 aromatic heterocycles. The van der Waals surface area contributed by atoms with E-state index in [2.05, 4.69) is 0 Å². The Bertz CT molecular complexity index is 858. The summed E-state index contributed by atoms with van der Waals surface area (Å²) in [6.07, 6.45) is -0.516. The van der Waals surface area contributed by atoms with Gasteiger partial charge in [-0.2, -0.15) is 4.31 Å². The molecular formula is C16H20Cl2N2O6S. The van der Waals surface area contributed by atoms with Crippen LogP contribution in [0, 0.1) is 0 Å². The first kappa shape index (κ1) is 21.7. The molecule has 0 saturated carbocycles. The zero-order valence-electron chi connectivity index (χ0n) is 15.0. The number of carboxylic acids is 1. The van der Waals surface area contributed by atoms with Crippen molar-refractivity contribution >= 4 is 45.3 Å². The fraction of sp³-hybridized carbons (Fsp3) is 0.500. The lowest BCUT2D eigenvalue weighted by molar-refractivity contribution is 0.0192. The number of carbonyl (C=O) groups excluding carboxylic acids is 1. The third kappa shape index (κ3) is 5.04. The molecule has 0 atom stereocenters. The van der Waals surface area contributed by atoms with Crippen LogP contribution in [0.15, 0.2) is 17.0 Å². The first-order chi connectivity index (χ1) is 12.3. The largest absolute Gasteiger partial charge is 0.478 e. The highest BCUT2D eigenvalue weighted by Crippen LogP contribution is 2.31. The van der Waals surface area contributed by atoms with Gasteiger partial charge in [0.1, 0.15) is 10.5 Å². The first-order valence-electron chi connectivity index (χ1n) is 8.03. The summed E-state index contributed by atoms with van der Waals surface area (Å²) < 4.78 is 32.2. The monoisotopic (exact) mass is 438 g/mol. The maximum atomic E-state index is 12.9. The number of hydrogen-bond donors (Lipinski definition) is 1. The molecule has 0 aliphatic carbocycles. The van der Waals surface area contributed by atoms with Crippen LogP contribution in [0.1, 0.15) is 31.1 Å². The number of carboxylic acid groups (broad SMARTS) is 1. The molecule has 1 aliphatic rings.